The molecule has 0 amide bonds. The van der Waals surface area contributed by atoms with Gasteiger partial charge in [0.2, 0.25) is 0 Å². The van der Waals surface area contributed by atoms with Crippen molar-refractivity contribution < 1.29 is 13.2 Å². The summed E-state index contributed by atoms with van der Waals surface area (Å²) < 4.78 is 24.6. The molecule has 0 fully saturated rings. The van der Waals surface area contributed by atoms with Crippen LogP contribution in [0, 0.1) is 12.8 Å². The third kappa shape index (κ3) is 5.14. The van der Waals surface area contributed by atoms with Gasteiger partial charge in [0.25, 0.3) is 10.0 Å². The summed E-state index contributed by atoms with van der Waals surface area (Å²) in [5.74, 6) is 0.493. The minimum absolute atomic E-state index is 0.112. The van der Waals surface area contributed by atoms with Gasteiger partial charge in [-0.15, -0.1) is 16.4 Å². The molecule has 24 heavy (non-hydrogen) atoms. The zero-order chi connectivity index (χ0) is 17.6. The van der Waals surface area contributed by atoms with E-state index >= 15 is 0 Å². The van der Waals surface area contributed by atoms with E-state index in [1.54, 1.807) is 12.1 Å². The highest BCUT2D eigenvalue weighted by Gasteiger charge is 2.21. The number of nitrogens with one attached hydrogen (secondary N) is 2. The third-order valence-electron chi connectivity index (χ3n) is 3.43. The van der Waals surface area contributed by atoms with Gasteiger partial charge in [0.15, 0.2) is 5.78 Å². The summed E-state index contributed by atoms with van der Waals surface area (Å²) in [5, 5.41) is 0. The van der Waals surface area contributed by atoms with Crippen molar-refractivity contribution in [2.24, 2.45) is 0 Å². The summed E-state index contributed by atoms with van der Waals surface area (Å²) in [5.41, 5.74) is 4.41. The highest BCUT2D eigenvalue weighted by molar-refractivity contribution is 7.89. The highest BCUT2D eigenvalue weighted by atomic mass is 35.5. The van der Waals surface area contributed by atoms with Gasteiger partial charge in [0.1, 0.15) is 5.88 Å². The minimum Gasteiger partial charge on any atom is -0.296 e. The van der Waals surface area contributed by atoms with Crippen LogP contribution >= 0.6 is 11.6 Å². The fraction of sp³-hybridized carbons (Fsp3) is 0.176. The lowest BCUT2D eigenvalue weighted by Crippen LogP contribution is -2.49. The van der Waals surface area contributed by atoms with Gasteiger partial charge in [-0.05, 0) is 31.0 Å². The summed E-state index contributed by atoms with van der Waals surface area (Å²) in [4.78, 5) is 14.3. The number of hydrogen-bond acceptors (Lipinski definition) is 4. The molecule has 0 heterocycles. The van der Waals surface area contributed by atoms with Crippen LogP contribution in [0.5, 0.6) is 0 Å². The smallest absolute Gasteiger partial charge is 0.253 e. The topological polar surface area (TPSA) is 75.3 Å². The van der Waals surface area contributed by atoms with Crippen LogP contribution in [-0.4, -0.2) is 20.2 Å². The number of rotatable bonds is 8. The first-order valence-electron chi connectivity index (χ1n) is 7.27. The van der Waals surface area contributed by atoms with Gasteiger partial charge in [-0.2, -0.15) is 0 Å². The van der Waals surface area contributed by atoms with Crippen molar-refractivity contribution in [1.82, 2.24) is 10.3 Å². The maximum Gasteiger partial charge on any atom is 0.253 e. The first-order valence-corrected chi connectivity index (χ1v) is 9.19. The van der Waals surface area contributed by atoms with Crippen molar-refractivity contribution in [3.8, 4) is 0 Å². The number of sulfonamides is 1. The lowest BCUT2D eigenvalue weighted by atomic mass is 10.0. The Labute approximate surface area is 147 Å². The highest BCUT2D eigenvalue weighted by Crippen LogP contribution is 2.10. The predicted octanol–water partition coefficient (Wildman–Crippen LogP) is 2.36. The molecule has 7 heteroatoms. The monoisotopic (exact) mass is 365 g/mol. The Hall–Kier alpha value is -1.73. The quantitative estimate of drug-likeness (QED) is 0.704. The van der Waals surface area contributed by atoms with Gasteiger partial charge >= 0.3 is 0 Å². The molecule has 1 atom stereocenters. The Morgan fingerprint density at radius 3 is 2.33 bits per heavy atom. The SMILES string of the molecule is Cc1ccc(S(=O)(=O)NN[C@@H](Cc2ccccc2)C(=O)[CH]Cl)cc1. The molecule has 0 aliphatic heterocycles. The van der Waals surface area contributed by atoms with Crippen LogP contribution in [0.3, 0.4) is 0 Å². The molecule has 0 aliphatic rings. The molecular formula is C17H18ClN2O3S. The van der Waals surface area contributed by atoms with E-state index in [4.69, 9.17) is 11.6 Å². The molecule has 0 aromatic heterocycles. The Balaban J connectivity index is 2.09. The Kier molecular flexibility index (Phi) is 6.51. The zero-order valence-corrected chi connectivity index (χ0v) is 14.6. The number of carbonyl (C=O) groups is 1. The average molecular weight is 366 g/mol. The van der Waals surface area contributed by atoms with E-state index in [9.17, 15) is 13.2 Å². The normalized spacial score (nSPS) is 12.8. The predicted molar refractivity (Wildman–Crippen MR) is 93.7 cm³/mol. The molecule has 2 aromatic rings. The van der Waals surface area contributed by atoms with Gasteiger partial charge in [0.05, 0.1) is 10.9 Å². The number of ketones is 1. The van der Waals surface area contributed by atoms with Gasteiger partial charge in [-0.25, -0.2) is 13.8 Å². The lowest BCUT2D eigenvalue weighted by Gasteiger charge is -2.17. The maximum atomic E-state index is 12.3. The molecule has 0 unspecified atom stereocenters. The molecule has 1 radical (unpaired) electrons. The largest absolute Gasteiger partial charge is 0.296 e. The number of benzene rings is 2. The van der Waals surface area contributed by atoms with E-state index in [0.717, 1.165) is 17.0 Å². The molecular weight excluding hydrogens is 348 g/mol. The molecule has 0 aliphatic carbocycles. The van der Waals surface area contributed by atoms with Crippen LogP contribution < -0.4 is 10.3 Å². The second-order valence-corrected chi connectivity index (χ2v) is 7.22. The first-order chi connectivity index (χ1) is 11.4. The molecule has 5 nitrogen and oxygen atoms in total. The van der Waals surface area contributed by atoms with Crippen molar-refractivity contribution in [1.29, 1.82) is 0 Å². The molecule has 0 saturated heterocycles. The van der Waals surface area contributed by atoms with Gasteiger partial charge in [-0.3, -0.25) is 4.79 Å². The number of hydrogen-bond donors (Lipinski definition) is 2. The summed E-state index contributed by atoms with van der Waals surface area (Å²) in [6.07, 6.45) is 0.305. The second kappa shape index (κ2) is 8.39. The van der Waals surface area contributed by atoms with E-state index in [-0.39, 0.29) is 4.90 Å². The molecule has 2 N–H and O–H groups in total. The number of halogens is 1. The fourth-order valence-corrected chi connectivity index (χ4v) is 3.14. The standard InChI is InChI=1S/C17H18ClN2O3S/c1-13-7-9-15(10-8-13)24(22,23)20-19-16(17(21)12-18)11-14-5-3-2-4-6-14/h2-10,12,16,19-20H,11H2,1H3/t16-/m0/s1. The van der Waals surface area contributed by atoms with Gasteiger partial charge in [0, 0.05) is 0 Å². The summed E-state index contributed by atoms with van der Waals surface area (Å²) in [6.45, 7) is 1.87. The van der Waals surface area contributed by atoms with Crippen LogP contribution in [0.1, 0.15) is 11.1 Å². The molecule has 0 spiro atoms. The van der Waals surface area contributed by atoms with Crippen LogP contribution in [0.25, 0.3) is 0 Å². The van der Waals surface area contributed by atoms with E-state index < -0.39 is 21.8 Å². The molecule has 2 aromatic carbocycles. The summed E-state index contributed by atoms with van der Waals surface area (Å²) in [7, 11) is -3.78. The van der Waals surface area contributed by atoms with Crippen LogP contribution in [0.4, 0.5) is 0 Å². The van der Waals surface area contributed by atoms with E-state index in [2.05, 4.69) is 10.3 Å². The van der Waals surface area contributed by atoms with Crippen molar-refractivity contribution in [3.63, 3.8) is 0 Å². The first kappa shape index (κ1) is 18.6. The van der Waals surface area contributed by atoms with Crippen LogP contribution in [0.15, 0.2) is 59.5 Å². The molecule has 0 bridgehead atoms. The summed E-state index contributed by atoms with van der Waals surface area (Å²) >= 11 is 5.51. The Bertz CT molecular complexity index is 777. The van der Waals surface area contributed by atoms with E-state index in [0.29, 0.717) is 6.42 Å². The van der Waals surface area contributed by atoms with Crippen molar-refractivity contribution in [2.45, 2.75) is 24.3 Å². The van der Waals surface area contributed by atoms with Gasteiger partial charge < -0.3 is 0 Å². The molecule has 2 rings (SSSR count). The second-order valence-electron chi connectivity index (χ2n) is 5.32. The Morgan fingerprint density at radius 1 is 1.12 bits per heavy atom. The molecule has 127 valence electrons. The third-order valence-corrected chi connectivity index (χ3v) is 4.93. The number of hydrazine groups is 1. The van der Waals surface area contributed by atoms with Crippen LogP contribution in [0.2, 0.25) is 0 Å². The lowest BCUT2D eigenvalue weighted by molar-refractivity contribution is -0.117. The summed E-state index contributed by atoms with van der Waals surface area (Å²) in [6, 6.07) is 14.9. The number of Topliss-reactive ketones (excluding diaryl/α,β-unsaturated/α-hetero) is 1. The van der Waals surface area contributed by atoms with Crippen molar-refractivity contribution >= 4 is 27.4 Å². The minimum atomic E-state index is -3.78. The van der Waals surface area contributed by atoms with E-state index in [1.807, 2.05) is 37.3 Å². The zero-order valence-electron chi connectivity index (χ0n) is 13.1. The average Bonchev–Trinajstić information content (AvgIpc) is 2.59. The Morgan fingerprint density at radius 2 is 1.75 bits per heavy atom. The number of aryl methyl sites for hydroxylation is 1. The van der Waals surface area contributed by atoms with Crippen LogP contribution in [-0.2, 0) is 21.2 Å². The van der Waals surface area contributed by atoms with E-state index in [1.165, 1.54) is 12.1 Å². The van der Waals surface area contributed by atoms with Crippen molar-refractivity contribution in [2.75, 3.05) is 0 Å². The maximum absolute atomic E-state index is 12.3. The molecule has 0 saturated carbocycles. The number of carbonyl (C=O) groups excluding carboxylic acids is 1. The van der Waals surface area contributed by atoms with Gasteiger partial charge in [-0.1, -0.05) is 48.0 Å². The van der Waals surface area contributed by atoms with Crippen molar-refractivity contribution in [3.05, 3.63) is 71.6 Å². The fourth-order valence-electron chi connectivity index (χ4n) is 2.07.